The summed E-state index contributed by atoms with van der Waals surface area (Å²) in [6.45, 7) is 3.47. The molecule has 0 aliphatic heterocycles. The van der Waals surface area contributed by atoms with Gasteiger partial charge in [0.1, 0.15) is 0 Å². The standard InChI is InChI=1S/C15H14O2/c1-10-8-13(11(2)15(17)14(10)16)9-12-6-4-3-5-7-12/h3-9,17H,1-2H3/b13-9-. The van der Waals surface area contributed by atoms with Gasteiger partial charge in [0.2, 0.25) is 5.78 Å². The first-order valence-electron chi connectivity index (χ1n) is 5.49. The minimum Gasteiger partial charge on any atom is -0.504 e. The summed E-state index contributed by atoms with van der Waals surface area (Å²) in [5.74, 6) is -0.431. The van der Waals surface area contributed by atoms with Crippen LogP contribution in [0.1, 0.15) is 19.4 Å². The van der Waals surface area contributed by atoms with Crippen LogP contribution in [0.3, 0.4) is 0 Å². The van der Waals surface area contributed by atoms with E-state index < -0.39 is 0 Å². The molecular formula is C15H14O2. The summed E-state index contributed by atoms with van der Waals surface area (Å²) >= 11 is 0. The first-order valence-corrected chi connectivity index (χ1v) is 5.49. The van der Waals surface area contributed by atoms with E-state index in [1.165, 1.54) is 0 Å². The third-order valence-corrected chi connectivity index (χ3v) is 2.86. The van der Waals surface area contributed by atoms with Crippen molar-refractivity contribution in [1.82, 2.24) is 0 Å². The predicted octanol–water partition coefficient (Wildman–Crippen LogP) is 3.43. The summed E-state index contributed by atoms with van der Waals surface area (Å²) in [7, 11) is 0. The Kier molecular flexibility index (Phi) is 2.96. The predicted molar refractivity (Wildman–Crippen MR) is 68.5 cm³/mol. The molecule has 86 valence electrons. The van der Waals surface area contributed by atoms with Crippen molar-refractivity contribution >= 4 is 11.9 Å². The van der Waals surface area contributed by atoms with Gasteiger partial charge >= 0.3 is 0 Å². The molecule has 17 heavy (non-hydrogen) atoms. The van der Waals surface area contributed by atoms with Crippen LogP contribution in [0, 0.1) is 0 Å². The third-order valence-electron chi connectivity index (χ3n) is 2.86. The lowest BCUT2D eigenvalue weighted by atomic mass is 9.92. The highest BCUT2D eigenvalue weighted by Gasteiger charge is 2.20. The highest BCUT2D eigenvalue weighted by atomic mass is 16.3. The summed E-state index contributed by atoms with van der Waals surface area (Å²) < 4.78 is 0. The van der Waals surface area contributed by atoms with E-state index >= 15 is 0 Å². The average molecular weight is 226 g/mol. The smallest absolute Gasteiger partial charge is 0.223 e. The zero-order valence-corrected chi connectivity index (χ0v) is 9.90. The molecule has 0 unspecified atom stereocenters. The van der Waals surface area contributed by atoms with Gasteiger partial charge < -0.3 is 5.11 Å². The van der Waals surface area contributed by atoms with Crippen LogP contribution in [0.2, 0.25) is 0 Å². The minimum atomic E-state index is -0.285. The van der Waals surface area contributed by atoms with Gasteiger partial charge in [-0.25, -0.2) is 0 Å². The Morgan fingerprint density at radius 1 is 1.12 bits per heavy atom. The quantitative estimate of drug-likeness (QED) is 0.796. The number of aliphatic hydroxyl groups is 1. The molecule has 1 aliphatic rings. The monoisotopic (exact) mass is 226 g/mol. The number of aliphatic hydroxyl groups excluding tert-OH is 1. The molecule has 0 aromatic heterocycles. The van der Waals surface area contributed by atoms with Crippen LogP contribution >= 0.6 is 0 Å². The second-order valence-electron chi connectivity index (χ2n) is 4.14. The first-order chi connectivity index (χ1) is 8.09. The van der Waals surface area contributed by atoms with Gasteiger partial charge in [0.25, 0.3) is 0 Å². The molecule has 2 rings (SSSR count). The number of carbonyl (C=O) groups is 1. The molecule has 2 nitrogen and oxygen atoms in total. The lowest BCUT2D eigenvalue weighted by molar-refractivity contribution is -0.114. The Labute approximate surface area is 101 Å². The number of ketones is 1. The van der Waals surface area contributed by atoms with Crippen molar-refractivity contribution in [3.8, 4) is 0 Å². The van der Waals surface area contributed by atoms with Gasteiger partial charge in [0, 0.05) is 11.1 Å². The van der Waals surface area contributed by atoms with Crippen LogP contribution in [-0.4, -0.2) is 10.9 Å². The normalized spacial score (nSPS) is 18.6. The van der Waals surface area contributed by atoms with E-state index in [0.29, 0.717) is 11.1 Å². The fourth-order valence-electron chi connectivity index (χ4n) is 1.78. The van der Waals surface area contributed by atoms with Crippen LogP contribution in [0.15, 0.2) is 58.9 Å². The van der Waals surface area contributed by atoms with Gasteiger partial charge in [-0.15, -0.1) is 0 Å². The number of Topliss-reactive ketones (excluding diaryl/α,β-unsaturated/α-hetero) is 1. The Morgan fingerprint density at radius 2 is 1.76 bits per heavy atom. The summed E-state index contributed by atoms with van der Waals surface area (Å²) in [6.07, 6.45) is 3.77. The van der Waals surface area contributed by atoms with E-state index in [9.17, 15) is 9.90 Å². The highest BCUT2D eigenvalue weighted by Crippen LogP contribution is 2.26. The van der Waals surface area contributed by atoms with E-state index in [0.717, 1.165) is 11.1 Å². The van der Waals surface area contributed by atoms with Crippen molar-refractivity contribution in [1.29, 1.82) is 0 Å². The van der Waals surface area contributed by atoms with Crippen molar-refractivity contribution in [2.24, 2.45) is 0 Å². The van der Waals surface area contributed by atoms with Crippen molar-refractivity contribution in [2.45, 2.75) is 13.8 Å². The van der Waals surface area contributed by atoms with E-state index in [2.05, 4.69) is 0 Å². The summed E-state index contributed by atoms with van der Waals surface area (Å²) in [4.78, 5) is 11.5. The van der Waals surface area contributed by atoms with Crippen LogP contribution in [0.25, 0.3) is 6.08 Å². The molecule has 1 aromatic rings. The number of hydrogen-bond acceptors (Lipinski definition) is 2. The molecule has 0 fully saturated rings. The highest BCUT2D eigenvalue weighted by molar-refractivity contribution is 6.09. The molecule has 0 spiro atoms. The molecule has 0 saturated heterocycles. The maximum absolute atomic E-state index is 11.5. The SMILES string of the molecule is CC1=C/C(=C/c2ccccc2)C(C)=C(O)C1=O. The average Bonchev–Trinajstić information content (AvgIpc) is 2.35. The number of rotatable bonds is 1. The maximum Gasteiger partial charge on any atom is 0.223 e. The number of hydrogen-bond donors (Lipinski definition) is 1. The fraction of sp³-hybridized carbons (Fsp3) is 0.133. The Balaban J connectivity index is 2.47. The number of allylic oxidation sites excluding steroid dienone is 4. The van der Waals surface area contributed by atoms with E-state index in [1.54, 1.807) is 13.8 Å². The minimum absolute atomic E-state index is 0.146. The molecule has 2 heteroatoms. The topological polar surface area (TPSA) is 37.3 Å². The van der Waals surface area contributed by atoms with Crippen LogP contribution in [0.4, 0.5) is 0 Å². The summed E-state index contributed by atoms with van der Waals surface area (Å²) in [5.41, 5.74) is 3.12. The number of benzene rings is 1. The Bertz CT molecular complexity index is 546. The largest absolute Gasteiger partial charge is 0.504 e. The van der Waals surface area contributed by atoms with Crippen LogP contribution in [0.5, 0.6) is 0 Å². The Hall–Kier alpha value is -2.09. The fourth-order valence-corrected chi connectivity index (χ4v) is 1.78. The molecule has 1 N–H and O–H groups in total. The molecule has 0 amide bonds. The van der Waals surface area contributed by atoms with Gasteiger partial charge in [-0.05, 0) is 37.1 Å². The molecule has 0 bridgehead atoms. The van der Waals surface area contributed by atoms with Crippen molar-refractivity contribution in [3.63, 3.8) is 0 Å². The molecule has 0 atom stereocenters. The van der Waals surface area contributed by atoms with Gasteiger partial charge in [-0.1, -0.05) is 30.3 Å². The van der Waals surface area contributed by atoms with Gasteiger partial charge in [-0.2, -0.15) is 0 Å². The van der Waals surface area contributed by atoms with Gasteiger partial charge in [0.15, 0.2) is 5.76 Å². The van der Waals surface area contributed by atoms with E-state index in [4.69, 9.17) is 0 Å². The van der Waals surface area contributed by atoms with Crippen molar-refractivity contribution < 1.29 is 9.90 Å². The second kappa shape index (κ2) is 4.42. The Morgan fingerprint density at radius 3 is 2.41 bits per heavy atom. The molecule has 0 radical (unpaired) electrons. The first kappa shape index (κ1) is 11.4. The van der Waals surface area contributed by atoms with Crippen LogP contribution < -0.4 is 0 Å². The molecular weight excluding hydrogens is 212 g/mol. The van der Waals surface area contributed by atoms with E-state index in [1.807, 2.05) is 42.5 Å². The lowest BCUT2D eigenvalue weighted by Crippen LogP contribution is -2.11. The zero-order chi connectivity index (χ0) is 12.4. The summed E-state index contributed by atoms with van der Waals surface area (Å²) in [6, 6.07) is 9.83. The third kappa shape index (κ3) is 2.21. The van der Waals surface area contributed by atoms with Crippen molar-refractivity contribution in [3.05, 3.63) is 64.4 Å². The summed E-state index contributed by atoms with van der Waals surface area (Å²) in [5, 5.41) is 9.71. The maximum atomic E-state index is 11.5. The van der Waals surface area contributed by atoms with Crippen LogP contribution in [-0.2, 0) is 4.79 Å². The second-order valence-corrected chi connectivity index (χ2v) is 4.14. The molecule has 1 aliphatic carbocycles. The van der Waals surface area contributed by atoms with Gasteiger partial charge in [-0.3, -0.25) is 4.79 Å². The van der Waals surface area contributed by atoms with Crippen molar-refractivity contribution in [2.75, 3.05) is 0 Å². The molecule has 1 aromatic carbocycles. The number of carbonyl (C=O) groups excluding carboxylic acids is 1. The lowest BCUT2D eigenvalue weighted by Gasteiger charge is -2.13. The molecule has 0 heterocycles. The zero-order valence-electron chi connectivity index (χ0n) is 9.90. The van der Waals surface area contributed by atoms with Gasteiger partial charge in [0.05, 0.1) is 0 Å². The molecule has 0 saturated carbocycles. The van der Waals surface area contributed by atoms with E-state index in [-0.39, 0.29) is 11.5 Å².